The average molecular weight is 421 g/mol. The Balaban J connectivity index is 3.23. The number of carbonyl (C=O) groups is 1. The lowest BCUT2D eigenvalue weighted by molar-refractivity contribution is -0.122. The molecule has 0 saturated heterocycles. The highest BCUT2D eigenvalue weighted by atomic mass is 35.5. The fourth-order valence-corrected chi connectivity index (χ4v) is 5.20. The maximum atomic E-state index is 13.2. The molecule has 26 heavy (non-hydrogen) atoms. The van der Waals surface area contributed by atoms with E-state index in [0.717, 1.165) is 0 Å². The van der Waals surface area contributed by atoms with Crippen molar-refractivity contribution in [1.29, 1.82) is 0 Å². The largest absolute Gasteiger partial charge is 0.368 e. The topological polar surface area (TPSA) is 80.5 Å². The zero-order valence-corrected chi connectivity index (χ0v) is 18.4. The number of nitrogens with two attached hydrogens (primary N) is 1. The molecule has 1 rings (SSSR count). The van der Waals surface area contributed by atoms with Crippen molar-refractivity contribution in [3.8, 4) is 0 Å². The molecule has 0 aromatic heterocycles. The summed E-state index contributed by atoms with van der Waals surface area (Å²) in [6, 6.07) is 5.08. The summed E-state index contributed by atoms with van der Waals surface area (Å²) in [5.41, 5.74) is 5.57. The number of carbonyl (C=O) groups excluding carboxylic acids is 1. The monoisotopic (exact) mass is 420 g/mol. The normalized spacial score (nSPS) is 14.0. The molecule has 2 N–H and O–H groups in total. The number of halogens is 1. The number of amides is 1. The van der Waals surface area contributed by atoms with Crippen LogP contribution in [0.25, 0.3) is 0 Å². The predicted octanol–water partition coefficient (Wildman–Crippen LogP) is 3.76. The highest BCUT2D eigenvalue weighted by molar-refractivity contribution is 8.00. The third-order valence-electron chi connectivity index (χ3n) is 3.64. The summed E-state index contributed by atoms with van der Waals surface area (Å²) >= 11 is 7.52. The Hall–Kier alpha value is -0.760. The van der Waals surface area contributed by atoms with Crippen LogP contribution in [0.4, 0.5) is 0 Å². The summed E-state index contributed by atoms with van der Waals surface area (Å²) < 4.78 is 27.6. The number of sulfonamides is 1. The predicted molar refractivity (Wildman–Crippen MR) is 110 cm³/mol. The maximum Gasteiger partial charge on any atom is 0.243 e. The molecule has 8 heteroatoms. The summed E-state index contributed by atoms with van der Waals surface area (Å²) in [4.78, 5) is 12.2. The van der Waals surface area contributed by atoms with E-state index in [-0.39, 0.29) is 22.1 Å². The molecule has 0 aliphatic carbocycles. The minimum absolute atomic E-state index is 0.00400. The first-order valence-corrected chi connectivity index (χ1v) is 11.4. The summed E-state index contributed by atoms with van der Waals surface area (Å²) in [6.45, 7) is 10.3. The van der Waals surface area contributed by atoms with Crippen molar-refractivity contribution in [3.05, 3.63) is 29.3 Å². The molecule has 5 nitrogen and oxygen atoms in total. The molecule has 148 valence electrons. The van der Waals surface area contributed by atoms with Crippen LogP contribution in [0.1, 0.15) is 41.0 Å². The third-order valence-corrected chi connectivity index (χ3v) is 7.06. The number of hydrogen-bond acceptors (Lipinski definition) is 4. The highest BCUT2D eigenvalue weighted by Gasteiger charge is 2.35. The molecule has 0 radical (unpaired) electrons. The van der Waals surface area contributed by atoms with Gasteiger partial charge in [-0.05, 0) is 36.6 Å². The van der Waals surface area contributed by atoms with Gasteiger partial charge in [-0.15, -0.1) is 0 Å². The number of thioether (sulfide) groups is 1. The first-order valence-electron chi connectivity index (χ1n) is 8.55. The van der Waals surface area contributed by atoms with E-state index in [9.17, 15) is 13.2 Å². The molecule has 0 saturated carbocycles. The molecule has 0 unspecified atom stereocenters. The number of nitrogens with zero attached hydrogens (tertiary/aromatic N) is 1. The van der Waals surface area contributed by atoms with E-state index in [2.05, 4.69) is 20.8 Å². The van der Waals surface area contributed by atoms with Crippen molar-refractivity contribution in [1.82, 2.24) is 4.31 Å². The van der Waals surface area contributed by atoms with Crippen molar-refractivity contribution >= 4 is 39.3 Å². The van der Waals surface area contributed by atoms with Gasteiger partial charge in [-0.3, -0.25) is 4.79 Å². The lowest BCUT2D eigenvalue weighted by atomic mass is 10.0. The minimum Gasteiger partial charge on any atom is -0.368 e. The molecule has 0 spiro atoms. The van der Waals surface area contributed by atoms with Gasteiger partial charge in [-0.2, -0.15) is 16.1 Å². The van der Waals surface area contributed by atoms with E-state index in [1.54, 1.807) is 11.8 Å². The summed E-state index contributed by atoms with van der Waals surface area (Å²) in [7, 11) is -3.86. The molecule has 1 atom stereocenters. The zero-order valence-electron chi connectivity index (χ0n) is 16.0. The number of rotatable bonds is 9. The average Bonchev–Trinajstić information content (AvgIpc) is 2.48. The Morgan fingerprint density at radius 2 is 1.77 bits per heavy atom. The fourth-order valence-electron chi connectivity index (χ4n) is 2.45. The van der Waals surface area contributed by atoms with Crippen LogP contribution in [0.5, 0.6) is 0 Å². The van der Waals surface area contributed by atoms with E-state index < -0.39 is 22.0 Å². The second-order valence-corrected chi connectivity index (χ2v) is 11.8. The minimum atomic E-state index is -3.86. The third kappa shape index (κ3) is 7.10. The smallest absolute Gasteiger partial charge is 0.243 e. The number of hydrogen-bond donors (Lipinski definition) is 1. The van der Waals surface area contributed by atoms with Crippen LogP contribution in [0.15, 0.2) is 29.2 Å². The van der Waals surface area contributed by atoms with Crippen LogP contribution in [0.2, 0.25) is 5.02 Å². The van der Waals surface area contributed by atoms with Gasteiger partial charge in [-0.1, -0.05) is 46.2 Å². The van der Waals surface area contributed by atoms with Crippen molar-refractivity contribution in [2.24, 2.45) is 11.7 Å². The van der Waals surface area contributed by atoms with E-state index in [1.807, 2.05) is 13.8 Å². The van der Waals surface area contributed by atoms with Crippen LogP contribution in [0.3, 0.4) is 0 Å². The first kappa shape index (κ1) is 23.3. The summed E-state index contributed by atoms with van der Waals surface area (Å²) in [6.07, 6.45) is 0.377. The molecule has 1 aromatic carbocycles. The van der Waals surface area contributed by atoms with E-state index in [1.165, 1.54) is 28.6 Å². The summed E-state index contributed by atoms with van der Waals surface area (Å²) in [5, 5.41) is 0.451. The number of benzene rings is 1. The Morgan fingerprint density at radius 3 is 2.19 bits per heavy atom. The molecular weight excluding hydrogens is 392 g/mol. The van der Waals surface area contributed by atoms with Gasteiger partial charge in [0.25, 0.3) is 0 Å². The fraction of sp³-hybridized carbons (Fsp3) is 0.611. The van der Waals surface area contributed by atoms with Gasteiger partial charge >= 0.3 is 0 Å². The zero-order chi connectivity index (χ0) is 20.1. The van der Waals surface area contributed by atoms with Gasteiger partial charge in [0.15, 0.2) is 0 Å². The molecular formula is C18H29ClN2O3S2. The summed E-state index contributed by atoms with van der Waals surface area (Å²) in [5.74, 6) is 0.0701. The lowest BCUT2D eigenvalue weighted by Crippen LogP contribution is -2.49. The lowest BCUT2D eigenvalue weighted by Gasteiger charge is -2.31. The van der Waals surface area contributed by atoms with Crippen molar-refractivity contribution in [2.45, 2.75) is 56.7 Å². The Kier molecular flexibility index (Phi) is 8.45. The molecule has 0 fully saturated rings. The van der Waals surface area contributed by atoms with E-state index in [0.29, 0.717) is 17.2 Å². The first-order chi connectivity index (χ1) is 11.8. The van der Waals surface area contributed by atoms with E-state index in [4.69, 9.17) is 17.3 Å². The number of primary amides is 1. The van der Waals surface area contributed by atoms with E-state index >= 15 is 0 Å². The van der Waals surface area contributed by atoms with Crippen LogP contribution in [-0.2, 0) is 14.8 Å². The molecule has 1 amide bonds. The van der Waals surface area contributed by atoms with Gasteiger partial charge in [0, 0.05) is 22.1 Å². The van der Waals surface area contributed by atoms with Gasteiger partial charge in [0.1, 0.15) is 6.04 Å². The second-order valence-electron chi connectivity index (χ2n) is 7.58. The molecule has 1 aromatic rings. The van der Waals surface area contributed by atoms with Crippen LogP contribution in [0, 0.1) is 5.92 Å². The van der Waals surface area contributed by atoms with Crippen molar-refractivity contribution in [2.75, 3.05) is 12.3 Å². The Labute approximate surface area is 166 Å². The van der Waals surface area contributed by atoms with Crippen LogP contribution < -0.4 is 5.73 Å². The van der Waals surface area contributed by atoms with Crippen LogP contribution in [-0.4, -0.2) is 41.7 Å². The molecule has 0 aliphatic heterocycles. The molecule has 0 heterocycles. The quantitative estimate of drug-likeness (QED) is 0.659. The van der Waals surface area contributed by atoms with Gasteiger partial charge in [-0.25, -0.2) is 8.42 Å². The van der Waals surface area contributed by atoms with Gasteiger partial charge in [0.05, 0.1) is 4.90 Å². The van der Waals surface area contributed by atoms with Crippen LogP contribution >= 0.6 is 23.4 Å². The standard InChI is InChI=1S/C18H29ClN2O3S2/c1-13(2)12-16(17(20)22)21(10-11-25-18(3,4)5)26(23,24)15-8-6-14(19)7-9-15/h6-9,13,16H,10-12H2,1-5H3,(H2,20,22)/t16-/m1/s1. The van der Waals surface area contributed by atoms with Crippen molar-refractivity contribution < 1.29 is 13.2 Å². The van der Waals surface area contributed by atoms with Gasteiger partial charge < -0.3 is 5.73 Å². The maximum absolute atomic E-state index is 13.2. The Bertz CT molecular complexity index is 698. The molecule has 0 bridgehead atoms. The Morgan fingerprint density at radius 1 is 1.23 bits per heavy atom. The second kappa shape index (κ2) is 9.44. The molecule has 0 aliphatic rings. The SMILES string of the molecule is CC(C)C[C@H](C(N)=O)N(CCSC(C)(C)C)S(=O)(=O)c1ccc(Cl)cc1. The highest BCUT2D eigenvalue weighted by Crippen LogP contribution is 2.27. The van der Waals surface area contributed by atoms with Gasteiger partial charge in [0.2, 0.25) is 15.9 Å². The van der Waals surface area contributed by atoms with Crippen molar-refractivity contribution in [3.63, 3.8) is 0 Å².